The van der Waals surface area contributed by atoms with E-state index in [1.807, 2.05) is 35.2 Å². The van der Waals surface area contributed by atoms with Gasteiger partial charge in [-0.05, 0) is 54.6 Å². The molecular formula is C27H26FN3O4S. The van der Waals surface area contributed by atoms with E-state index >= 15 is 0 Å². The van der Waals surface area contributed by atoms with Gasteiger partial charge < -0.3 is 19.1 Å². The highest BCUT2D eigenvalue weighted by Gasteiger charge is 2.26. The van der Waals surface area contributed by atoms with Crippen LogP contribution in [0.2, 0.25) is 0 Å². The Balaban J connectivity index is 1.34. The number of fused-ring (bicyclic) bond motifs is 1. The molecule has 1 saturated heterocycles. The van der Waals surface area contributed by atoms with E-state index < -0.39 is 15.7 Å². The van der Waals surface area contributed by atoms with Crippen LogP contribution in [0.3, 0.4) is 0 Å². The van der Waals surface area contributed by atoms with E-state index in [-0.39, 0.29) is 22.2 Å². The number of para-hydroxylation sites is 1. The van der Waals surface area contributed by atoms with Crippen molar-refractivity contribution < 1.29 is 22.3 Å². The predicted octanol–water partition coefficient (Wildman–Crippen LogP) is 3.97. The number of carbonyl (C=O) groups is 1. The molecule has 36 heavy (non-hydrogen) atoms. The predicted molar refractivity (Wildman–Crippen MR) is 136 cm³/mol. The Kier molecular flexibility index (Phi) is 6.40. The van der Waals surface area contributed by atoms with E-state index in [0.717, 1.165) is 23.6 Å². The second kappa shape index (κ2) is 9.66. The van der Waals surface area contributed by atoms with Crippen LogP contribution < -0.4 is 9.64 Å². The number of aromatic nitrogens is 1. The van der Waals surface area contributed by atoms with Gasteiger partial charge in [-0.15, -0.1) is 0 Å². The van der Waals surface area contributed by atoms with Crippen molar-refractivity contribution in [3.05, 3.63) is 84.8 Å². The zero-order valence-corrected chi connectivity index (χ0v) is 20.6. The first-order valence-corrected chi connectivity index (χ1v) is 13.1. The molecule has 0 radical (unpaired) electrons. The van der Waals surface area contributed by atoms with Gasteiger partial charge in [0.2, 0.25) is 15.7 Å². The largest absolute Gasteiger partial charge is 0.497 e. The fourth-order valence-electron chi connectivity index (χ4n) is 4.55. The second-order valence-corrected chi connectivity index (χ2v) is 10.6. The number of sulfone groups is 1. The number of methoxy groups -OCH3 is 1. The van der Waals surface area contributed by atoms with Crippen LogP contribution in [-0.4, -0.2) is 57.1 Å². The number of hydrogen-bond acceptors (Lipinski definition) is 5. The molecular weight excluding hydrogens is 481 g/mol. The summed E-state index contributed by atoms with van der Waals surface area (Å²) < 4.78 is 46.9. The highest BCUT2D eigenvalue weighted by molar-refractivity contribution is 7.91. The van der Waals surface area contributed by atoms with Gasteiger partial charge in [-0.2, -0.15) is 0 Å². The average Bonchev–Trinajstić information content (AvgIpc) is 3.28. The maximum Gasteiger partial charge on any atom is 0.242 e. The van der Waals surface area contributed by atoms with E-state index in [1.54, 1.807) is 29.9 Å². The molecule has 0 spiro atoms. The first-order valence-electron chi connectivity index (χ1n) is 11.6. The highest BCUT2D eigenvalue weighted by Crippen LogP contribution is 2.30. The van der Waals surface area contributed by atoms with E-state index in [1.165, 1.54) is 18.3 Å². The summed E-state index contributed by atoms with van der Waals surface area (Å²) in [6.45, 7) is 2.58. The summed E-state index contributed by atoms with van der Waals surface area (Å²) in [6, 6.07) is 19.7. The molecule has 0 aliphatic carbocycles. The highest BCUT2D eigenvalue weighted by atomic mass is 32.2. The van der Waals surface area contributed by atoms with Crippen LogP contribution >= 0.6 is 0 Å². The lowest BCUT2D eigenvalue weighted by molar-refractivity contribution is -0.132. The molecule has 1 aliphatic rings. The minimum Gasteiger partial charge on any atom is -0.497 e. The minimum absolute atomic E-state index is 0.00721. The number of ether oxygens (including phenoxy) is 1. The Morgan fingerprint density at radius 1 is 0.917 bits per heavy atom. The van der Waals surface area contributed by atoms with Crippen LogP contribution in [0.15, 0.2) is 88.8 Å². The van der Waals surface area contributed by atoms with E-state index in [2.05, 4.69) is 4.90 Å². The van der Waals surface area contributed by atoms with Gasteiger partial charge in [0.05, 0.1) is 16.9 Å². The molecule has 2 heterocycles. The van der Waals surface area contributed by atoms with Crippen molar-refractivity contribution in [2.75, 3.05) is 38.2 Å². The maximum absolute atomic E-state index is 13.4. The van der Waals surface area contributed by atoms with Crippen LogP contribution in [-0.2, 0) is 21.2 Å². The number of nitrogens with zero attached hydrogens (tertiary/aromatic N) is 3. The average molecular weight is 508 g/mol. The Morgan fingerprint density at radius 3 is 2.25 bits per heavy atom. The van der Waals surface area contributed by atoms with Gasteiger partial charge in [-0.3, -0.25) is 4.79 Å². The van der Waals surface area contributed by atoms with Gasteiger partial charge >= 0.3 is 0 Å². The van der Waals surface area contributed by atoms with Gasteiger partial charge in [0.25, 0.3) is 0 Å². The zero-order valence-electron chi connectivity index (χ0n) is 19.8. The van der Waals surface area contributed by atoms with Gasteiger partial charge in [0.15, 0.2) is 0 Å². The van der Waals surface area contributed by atoms with Crippen LogP contribution in [0.5, 0.6) is 5.75 Å². The van der Waals surface area contributed by atoms with Crippen molar-refractivity contribution in [3.63, 3.8) is 0 Å². The van der Waals surface area contributed by atoms with Crippen LogP contribution in [0.25, 0.3) is 10.9 Å². The number of hydrogen-bond donors (Lipinski definition) is 0. The molecule has 1 aromatic heterocycles. The summed E-state index contributed by atoms with van der Waals surface area (Å²) in [4.78, 5) is 17.3. The van der Waals surface area contributed by atoms with Crippen molar-refractivity contribution in [2.24, 2.45) is 0 Å². The van der Waals surface area contributed by atoms with Gasteiger partial charge in [0.1, 0.15) is 18.1 Å². The monoisotopic (exact) mass is 507 g/mol. The molecule has 0 N–H and O–H groups in total. The lowest BCUT2D eigenvalue weighted by Gasteiger charge is -2.36. The third-order valence-electron chi connectivity index (χ3n) is 6.54. The standard InChI is InChI=1S/C27H26FN3O4S/c1-35-22-10-8-21(9-11-22)29-14-16-30(17-15-29)27(32)19-31-18-26(24-4-2-3-5-25(24)31)36(33,34)23-12-6-20(28)7-13-23/h2-13,18H,14-17,19H2,1H3. The number of benzene rings is 3. The molecule has 1 amide bonds. The van der Waals surface area contributed by atoms with Crippen LogP contribution in [0.1, 0.15) is 0 Å². The molecule has 0 bridgehead atoms. The van der Waals surface area contributed by atoms with E-state index in [4.69, 9.17) is 4.74 Å². The third-order valence-corrected chi connectivity index (χ3v) is 8.34. The Labute approximate surface area is 209 Å². The molecule has 0 unspecified atom stereocenters. The molecule has 7 nitrogen and oxygen atoms in total. The van der Waals surface area contributed by atoms with Crippen LogP contribution in [0, 0.1) is 5.82 Å². The molecule has 0 saturated carbocycles. The summed E-state index contributed by atoms with van der Waals surface area (Å²) in [5.74, 6) is 0.220. The Hall–Kier alpha value is -3.85. The maximum atomic E-state index is 13.4. The van der Waals surface area contributed by atoms with Crippen molar-refractivity contribution in [1.29, 1.82) is 0 Å². The first kappa shape index (κ1) is 23.9. The smallest absolute Gasteiger partial charge is 0.242 e. The zero-order chi connectivity index (χ0) is 25.3. The molecule has 1 fully saturated rings. The van der Waals surface area contributed by atoms with Gasteiger partial charge in [-0.25, -0.2) is 12.8 Å². The number of amides is 1. The van der Waals surface area contributed by atoms with Gasteiger partial charge in [-0.1, -0.05) is 18.2 Å². The van der Waals surface area contributed by atoms with E-state index in [9.17, 15) is 17.6 Å². The molecule has 0 atom stereocenters. The second-order valence-electron chi connectivity index (χ2n) is 8.66. The van der Waals surface area contributed by atoms with Crippen molar-refractivity contribution in [2.45, 2.75) is 16.3 Å². The lowest BCUT2D eigenvalue weighted by Crippen LogP contribution is -2.49. The van der Waals surface area contributed by atoms with E-state index in [0.29, 0.717) is 37.1 Å². The number of piperazine rings is 1. The quantitative estimate of drug-likeness (QED) is 0.370. The first-order chi connectivity index (χ1) is 17.4. The fraction of sp³-hybridized carbons (Fsp3) is 0.222. The van der Waals surface area contributed by atoms with Crippen molar-refractivity contribution in [1.82, 2.24) is 9.47 Å². The molecule has 3 aromatic carbocycles. The molecule has 4 aromatic rings. The van der Waals surface area contributed by atoms with Crippen LogP contribution in [0.4, 0.5) is 10.1 Å². The summed E-state index contributed by atoms with van der Waals surface area (Å²) in [6.07, 6.45) is 1.51. The SMILES string of the molecule is COc1ccc(N2CCN(C(=O)Cn3cc(S(=O)(=O)c4ccc(F)cc4)c4ccccc43)CC2)cc1. The summed E-state index contributed by atoms with van der Waals surface area (Å²) in [7, 11) is -2.26. The van der Waals surface area contributed by atoms with Crippen molar-refractivity contribution >= 4 is 32.3 Å². The minimum atomic E-state index is -3.89. The Bertz CT molecular complexity index is 1490. The Morgan fingerprint density at radius 2 is 1.58 bits per heavy atom. The summed E-state index contributed by atoms with van der Waals surface area (Å²) in [5, 5.41) is 0.527. The molecule has 186 valence electrons. The third kappa shape index (κ3) is 4.54. The topological polar surface area (TPSA) is 71.8 Å². The van der Waals surface area contributed by atoms with Gasteiger partial charge in [0, 0.05) is 49.0 Å². The number of halogens is 1. The summed E-state index contributed by atoms with van der Waals surface area (Å²) >= 11 is 0. The lowest BCUT2D eigenvalue weighted by atomic mass is 10.2. The molecule has 1 aliphatic heterocycles. The normalized spacial score (nSPS) is 14.3. The number of carbonyl (C=O) groups excluding carboxylic acids is 1. The van der Waals surface area contributed by atoms with Crippen molar-refractivity contribution in [3.8, 4) is 5.75 Å². The number of anilines is 1. The number of rotatable bonds is 6. The fourth-order valence-corrected chi connectivity index (χ4v) is 6.03. The summed E-state index contributed by atoms with van der Waals surface area (Å²) in [5.41, 5.74) is 1.73. The molecule has 9 heteroatoms. The molecule has 5 rings (SSSR count).